The van der Waals surface area contributed by atoms with Crippen LogP contribution in [0.1, 0.15) is 32.3 Å². The molecule has 0 amide bonds. The van der Waals surface area contributed by atoms with Gasteiger partial charge < -0.3 is 4.74 Å². The van der Waals surface area contributed by atoms with Gasteiger partial charge in [0.1, 0.15) is 5.75 Å². The number of hydrogen-bond donors (Lipinski definition) is 0. The highest BCUT2D eigenvalue weighted by Crippen LogP contribution is 2.15. The van der Waals surface area contributed by atoms with Gasteiger partial charge in [0.25, 0.3) is 0 Å². The third kappa shape index (κ3) is 5.15. The van der Waals surface area contributed by atoms with Crippen molar-refractivity contribution in [2.24, 2.45) is 5.92 Å². The molecular weight excluding hydrogens is 232 g/mol. The van der Waals surface area contributed by atoms with Crippen LogP contribution in [-0.4, -0.2) is 12.5 Å². The monoisotopic (exact) mass is 250 g/mol. The molecule has 0 spiro atoms. The Hall–Kier alpha value is -1.13. The first-order valence-corrected chi connectivity index (χ1v) is 6.61. The fourth-order valence-corrected chi connectivity index (χ4v) is 1.58. The molecule has 1 rings (SSSR count). The summed E-state index contributed by atoms with van der Waals surface area (Å²) in [5.74, 6) is 7.72. The Balaban J connectivity index is 2.50. The Morgan fingerprint density at radius 1 is 1.18 bits per heavy atom. The maximum absolute atomic E-state index is 5.74. The van der Waals surface area contributed by atoms with E-state index in [-0.39, 0.29) is 0 Å². The first kappa shape index (κ1) is 13.9. The Kier molecular flexibility index (Phi) is 6.58. The third-order valence-corrected chi connectivity index (χ3v) is 2.93. The lowest BCUT2D eigenvalue weighted by atomic mass is 10.1. The van der Waals surface area contributed by atoms with E-state index >= 15 is 0 Å². The molecule has 0 aliphatic carbocycles. The van der Waals surface area contributed by atoms with Gasteiger partial charge in [-0.3, -0.25) is 0 Å². The average Bonchev–Trinajstić information content (AvgIpc) is 2.39. The third-order valence-electron chi connectivity index (χ3n) is 2.79. The summed E-state index contributed by atoms with van der Waals surface area (Å²) < 4.78 is 5.74. The van der Waals surface area contributed by atoms with E-state index in [9.17, 15) is 0 Å². The van der Waals surface area contributed by atoms with Crippen molar-refractivity contribution in [3.05, 3.63) is 29.8 Å². The molecule has 0 saturated heterocycles. The second-order valence-electron chi connectivity index (χ2n) is 3.95. The van der Waals surface area contributed by atoms with Crippen LogP contribution < -0.4 is 4.74 Å². The highest BCUT2D eigenvalue weighted by atomic mass is 35.5. The van der Waals surface area contributed by atoms with Gasteiger partial charge in [0.2, 0.25) is 0 Å². The van der Waals surface area contributed by atoms with Crippen molar-refractivity contribution in [3.8, 4) is 17.6 Å². The van der Waals surface area contributed by atoms with Gasteiger partial charge in [-0.1, -0.05) is 38.5 Å². The molecule has 0 aliphatic rings. The predicted molar refractivity (Wildman–Crippen MR) is 73.6 cm³/mol. The van der Waals surface area contributed by atoms with Gasteiger partial charge in [0.05, 0.1) is 12.5 Å². The molecule has 0 N–H and O–H groups in total. The van der Waals surface area contributed by atoms with Crippen LogP contribution in [0.15, 0.2) is 24.3 Å². The fraction of sp³-hybridized carbons (Fsp3) is 0.467. The predicted octanol–water partition coefficient (Wildman–Crippen LogP) is 4.09. The molecule has 0 aromatic heterocycles. The van der Waals surface area contributed by atoms with Crippen LogP contribution in [0.3, 0.4) is 0 Å². The Bertz CT molecular complexity index is 368. The summed E-state index contributed by atoms with van der Waals surface area (Å²) in [6.45, 7) is 5.18. The Morgan fingerprint density at radius 2 is 1.82 bits per heavy atom. The van der Waals surface area contributed by atoms with E-state index in [1.807, 2.05) is 24.3 Å². The second-order valence-corrected chi connectivity index (χ2v) is 4.22. The number of hydrogen-bond acceptors (Lipinski definition) is 1. The van der Waals surface area contributed by atoms with Gasteiger partial charge in [-0.25, -0.2) is 0 Å². The van der Waals surface area contributed by atoms with Gasteiger partial charge in [0, 0.05) is 5.56 Å². The highest BCUT2D eigenvalue weighted by molar-refractivity contribution is 6.19. The zero-order valence-corrected chi connectivity index (χ0v) is 11.3. The number of ether oxygens (including phenoxy) is 1. The largest absolute Gasteiger partial charge is 0.493 e. The Labute approximate surface area is 109 Å². The van der Waals surface area contributed by atoms with Crippen molar-refractivity contribution >= 4 is 11.6 Å². The van der Waals surface area contributed by atoms with Gasteiger partial charge in [-0.05, 0) is 30.2 Å². The highest BCUT2D eigenvalue weighted by Gasteiger charge is 2.03. The molecule has 2 heteroatoms. The van der Waals surface area contributed by atoms with Crippen LogP contribution in [0.5, 0.6) is 5.75 Å². The summed E-state index contributed by atoms with van der Waals surface area (Å²) in [6, 6.07) is 7.84. The number of halogens is 1. The maximum Gasteiger partial charge on any atom is 0.119 e. The van der Waals surface area contributed by atoms with E-state index in [1.165, 1.54) is 0 Å². The summed E-state index contributed by atoms with van der Waals surface area (Å²) in [5.41, 5.74) is 0.973. The molecule has 0 heterocycles. The SMILES string of the molecule is CCC(CC)COc1ccc(C#CCCl)cc1. The smallest absolute Gasteiger partial charge is 0.119 e. The molecule has 0 unspecified atom stereocenters. The Morgan fingerprint density at radius 3 is 2.35 bits per heavy atom. The first-order chi connectivity index (χ1) is 8.30. The summed E-state index contributed by atoms with van der Waals surface area (Å²) in [7, 11) is 0. The van der Waals surface area contributed by atoms with Crippen LogP contribution in [0.2, 0.25) is 0 Å². The lowest BCUT2D eigenvalue weighted by Crippen LogP contribution is -2.09. The van der Waals surface area contributed by atoms with Crippen LogP contribution in [0, 0.1) is 17.8 Å². The molecule has 0 aliphatic heterocycles. The minimum Gasteiger partial charge on any atom is -0.493 e. The van der Waals surface area contributed by atoms with Crippen LogP contribution in [-0.2, 0) is 0 Å². The summed E-state index contributed by atoms with van der Waals surface area (Å²) in [4.78, 5) is 0. The molecule has 0 saturated carbocycles. The average molecular weight is 251 g/mol. The molecule has 1 aromatic rings. The number of rotatable bonds is 5. The van der Waals surface area contributed by atoms with Gasteiger partial charge >= 0.3 is 0 Å². The lowest BCUT2D eigenvalue weighted by molar-refractivity contribution is 0.240. The maximum atomic E-state index is 5.74. The molecule has 0 radical (unpaired) electrons. The van der Waals surface area contributed by atoms with E-state index in [2.05, 4.69) is 25.7 Å². The lowest BCUT2D eigenvalue weighted by Gasteiger charge is -2.13. The van der Waals surface area contributed by atoms with E-state index in [0.29, 0.717) is 11.8 Å². The van der Waals surface area contributed by atoms with Crippen LogP contribution >= 0.6 is 11.6 Å². The molecular formula is C15H19ClO. The molecule has 92 valence electrons. The minimum absolute atomic E-state index is 0.368. The van der Waals surface area contributed by atoms with Crippen LogP contribution in [0.4, 0.5) is 0 Å². The van der Waals surface area contributed by atoms with Gasteiger partial charge in [-0.15, -0.1) is 11.6 Å². The van der Waals surface area contributed by atoms with Crippen molar-refractivity contribution in [2.45, 2.75) is 26.7 Å². The fourth-order valence-electron chi connectivity index (χ4n) is 1.51. The molecule has 1 aromatic carbocycles. The first-order valence-electron chi connectivity index (χ1n) is 6.07. The second kappa shape index (κ2) is 8.03. The summed E-state index contributed by atoms with van der Waals surface area (Å²) >= 11 is 5.50. The molecule has 17 heavy (non-hydrogen) atoms. The van der Waals surface area contributed by atoms with Crippen molar-refractivity contribution in [2.75, 3.05) is 12.5 Å². The molecule has 1 nitrogen and oxygen atoms in total. The van der Waals surface area contributed by atoms with Crippen molar-refractivity contribution in [3.63, 3.8) is 0 Å². The van der Waals surface area contributed by atoms with E-state index in [0.717, 1.165) is 30.8 Å². The van der Waals surface area contributed by atoms with Crippen molar-refractivity contribution < 1.29 is 4.74 Å². The number of benzene rings is 1. The van der Waals surface area contributed by atoms with Crippen molar-refractivity contribution in [1.82, 2.24) is 0 Å². The van der Waals surface area contributed by atoms with E-state index < -0.39 is 0 Å². The van der Waals surface area contributed by atoms with Crippen LogP contribution in [0.25, 0.3) is 0 Å². The quantitative estimate of drug-likeness (QED) is 0.565. The summed E-state index contributed by atoms with van der Waals surface area (Å²) in [6.07, 6.45) is 2.32. The summed E-state index contributed by atoms with van der Waals surface area (Å²) in [5, 5.41) is 0. The van der Waals surface area contributed by atoms with Crippen molar-refractivity contribution in [1.29, 1.82) is 0 Å². The molecule has 0 fully saturated rings. The molecule has 0 bridgehead atoms. The zero-order chi connectivity index (χ0) is 12.5. The number of alkyl halides is 1. The molecule has 0 atom stereocenters. The topological polar surface area (TPSA) is 9.23 Å². The normalized spacial score (nSPS) is 9.88. The van der Waals surface area contributed by atoms with E-state index in [1.54, 1.807) is 0 Å². The van der Waals surface area contributed by atoms with Gasteiger partial charge in [-0.2, -0.15) is 0 Å². The standard InChI is InChI=1S/C15H19ClO/c1-3-13(4-2)12-17-15-9-7-14(8-10-15)6-5-11-16/h7-10,13H,3-4,11-12H2,1-2H3. The van der Waals surface area contributed by atoms with E-state index in [4.69, 9.17) is 16.3 Å². The minimum atomic E-state index is 0.368. The van der Waals surface area contributed by atoms with Gasteiger partial charge in [0.15, 0.2) is 0 Å². The zero-order valence-electron chi connectivity index (χ0n) is 10.5.